The zero-order valence-corrected chi connectivity index (χ0v) is 15.9. The monoisotopic (exact) mass is 410 g/mol. The fourth-order valence-electron chi connectivity index (χ4n) is 2.08. The molecular formula is C15H12Cl2N6O2S. The van der Waals surface area contributed by atoms with Gasteiger partial charge in [0.25, 0.3) is 0 Å². The maximum atomic E-state index is 11.6. The van der Waals surface area contributed by atoms with Crippen LogP contribution in [0.5, 0.6) is 0 Å². The Hall–Kier alpha value is -2.49. The third-order valence-electron chi connectivity index (χ3n) is 3.44. The molecule has 0 saturated carbocycles. The van der Waals surface area contributed by atoms with Crippen molar-refractivity contribution in [3.8, 4) is 0 Å². The average molecular weight is 411 g/mol. The molecule has 0 spiro atoms. The SMILES string of the molecule is Cc1nc(Nc2ncnc(Nc3cc(Cl)ccc3Cl)c2[N+](=O)[O-])sc1C. The topological polar surface area (TPSA) is 106 Å². The van der Waals surface area contributed by atoms with E-state index in [1.165, 1.54) is 17.7 Å². The van der Waals surface area contributed by atoms with E-state index in [0.717, 1.165) is 10.6 Å². The van der Waals surface area contributed by atoms with E-state index in [1.54, 1.807) is 18.2 Å². The number of aromatic nitrogens is 3. The molecule has 2 heterocycles. The molecule has 0 radical (unpaired) electrons. The Bertz CT molecular complexity index is 975. The summed E-state index contributed by atoms with van der Waals surface area (Å²) in [6, 6.07) is 4.75. The van der Waals surface area contributed by atoms with Gasteiger partial charge in [0, 0.05) is 9.90 Å². The van der Waals surface area contributed by atoms with Gasteiger partial charge in [0.15, 0.2) is 5.13 Å². The predicted octanol–water partition coefficient (Wildman–Crippen LogP) is 5.25. The average Bonchev–Trinajstić information content (AvgIpc) is 2.88. The first-order valence-electron chi connectivity index (χ1n) is 7.27. The molecule has 0 atom stereocenters. The second-order valence-electron chi connectivity index (χ2n) is 5.21. The smallest absolute Gasteiger partial charge is 0.333 e. The molecule has 0 saturated heterocycles. The lowest BCUT2D eigenvalue weighted by atomic mass is 10.3. The first kappa shape index (κ1) is 18.3. The summed E-state index contributed by atoms with van der Waals surface area (Å²) in [5.74, 6) is 0.0149. The largest absolute Gasteiger partial charge is 0.353 e. The van der Waals surface area contributed by atoms with E-state index in [1.807, 2.05) is 13.8 Å². The Morgan fingerprint density at radius 1 is 1.15 bits per heavy atom. The standard InChI is InChI=1S/C15H12Cl2N6O2S/c1-7-8(2)26-15(20-7)22-14-12(23(24)25)13(18-6-19-14)21-11-5-9(16)3-4-10(11)17/h3-6H,1-2H3,(H2,18,19,20,21,22). The van der Waals surface area contributed by atoms with E-state index in [-0.39, 0.29) is 17.3 Å². The van der Waals surface area contributed by atoms with Gasteiger partial charge in [-0.2, -0.15) is 0 Å². The molecule has 0 fully saturated rings. The maximum absolute atomic E-state index is 11.6. The number of anilines is 4. The van der Waals surface area contributed by atoms with Crippen LogP contribution in [-0.4, -0.2) is 19.9 Å². The van der Waals surface area contributed by atoms with Gasteiger partial charge >= 0.3 is 5.69 Å². The summed E-state index contributed by atoms with van der Waals surface area (Å²) in [7, 11) is 0. The molecule has 8 nitrogen and oxygen atoms in total. The van der Waals surface area contributed by atoms with Gasteiger partial charge in [-0.15, -0.1) is 11.3 Å². The van der Waals surface area contributed by atoms with Gasteiger partial charge in [0.2, 0.25) is 11.6 Å². The van der Waals surface area contributed by atoms with Crippen molar-refractivity contribution in [1.82, 2.24) is 15.0 Å². The quantitative estimate of drug-likeness (QED) is 0.436. The fraction of sp³-hybridized carbons (Fsp3) is 0.133. The molecule has 3 aromatic rings. The van der Waals surface area contributed by atoms with Crippen molar-refractivity contribution in [3.05, 3.63) is 55.3 Å². The second-order valence-corrected chi connectivity index (χ2v) is 7.26. The summed E-state index contributed by atoms with van der Waals surface area (Å²) < 4.78 is 0. The summed E-state index contributed by atoms with van der Waals surface area (Å²) in [6.45, 7) is 3.78. The van der Waals surface area contributed by atoms with Gasteiger partial charge in [-0.05, 0) is 32.0 Å². The van der Waals surface area contributed by atoms with E-state index in [9.17, 15) is 10.1 Å². The van der Waals surface area contributed by atoms with Gasteiger partial charge in [-0.1, -0.05) is 23.2 Å². The first-order chi connectivity index (χ1) is 12.3. The van der Waals surface area contributed by atoms with Crippen LogP contribution >= 0.6 is 34.5 Å². The van der Waals surface area contributed by atoms with Crippen molar-refractivity contribution in [3.63, 3.8) is 0 Å². The van der Waals surface area contributed by atoms with Crippen molar-refractivity contribution in [2.45, 2.75) is 13.8 Å². The Balaban J connectivity index is 2.00. The molecule has 3 rings (SSSR count). The minimum atomic E-state index is -0.573. The Morgan fingerprint density at radius 2 is 1.85 bits per heavy atom. The summed E-state index contributed by atoms with van der Waals surface area (Å²) in [6.07, 6.45) is 1.21. The van der Waals surface area contributed by atoms with Crippen molar-refractivity contribution in [2.24, 2.45) is 0 Å². The molecule has 0 unspecified atom stereocenters. The summed E-state index contributed by atoms with van der Waals surface area (Å²) in [5, 5.41) is 18.6. The van der Waals surface area contributed by atoms with Crippen molar-refractivity contribution in [1.29, 1.82) is 0 Å². The highest BCUT2D eigenvalue weighted by Gasteiger charge is 2.24. The Morgan fingerprint density at radius 3 is 2.46 bits per heavy atom. The molecule has 2 aromatic heterocycles. The van der Waals surface area contributed by atoms with Crippen LogP contribution in [0.4, 0.5) is 28.1 Å². The summed E-state index contributed by atoms with van der Waals surface area (Å²) in [4.78, 5) is 24.3. The van der Waals surface area contributed by atoms with E-state index in [0.29, 0.717) is 20.9 Å². The van der Waals surface area contributed by atoms with Gasteiger partial charge in [0.05, 0.1) is 21.3 Å². The van der Waals surface area contributed by atoms with Crippen LogP contribution in [0.3, 0.4) is 0 Å². The lowest BCUT2D eigenvalue weighted by molar-refractivity contribution is -0.383. The van der Waals surface area contributed by atoms with Gasteiger partial charge < -0.3 is 10.6 Å². The molecule has 2 N–H and O–H groups in total. The number of hydrogen-bond donors (Lipinski definition) is 2. The zero-order valence-electron chi connectivity index (χ0n) is 13.6. The summed E-state index contributed by atoms with van der Waals surface area (Å²) >= 11 is 13.4. The first-order valence-corrected chi connectivity index (χ1v) is 8.85. The number of thiazole rings is 1. The number of halogens is 2. The lowest BCUT2D eigenvalue weighted by Crippen LogP contribution is -2.05. The van der Waals surface area contributed by atoms with Gasteiger partial charge in [0.1, 0.15) is 6.33 Å². The number of nitro groups is 1. The fourth-order valence-corrected chi connectivity index (χ4v) is 3.23. The number of benzene rings is 1. The molecule has 26 heavy (non-hydrogen) atoms. The van der Waals surface area contributed by atoms with Crippen molar-refractivity contribution >= 4 is 62.7 Å². The van der Waals surface area contributed by atoms with Crippen LogP contribution in [0, 0.1) is 24.0 Å². The molecule has 1 aromatic carbocycles. The van der Waals surface area contributed by atoms with Crippen LogP contribution in [-0.2, 0) is 0 Å². The van der Waals surface area contributed by atoms with Crippen LogP contribution in [0.2, 0.25) is 10.0 Å². The molecule has 0 aliphatic rings. The molecule has 0 amide bonds. The molecular weight excluding hydrogens is 399 g/mol. The van der Waals surface area contributed by atoms with E-state index in [2.05, 4.69) is 25.6 Å². The van der Waals surface area contributed by atoms with E-state index < -0.39 is 4.92 Å². The number of aryl methyl sites for hydroxylation is 2. The number of hydrogen-bond acceptors (Lipinski definition) is 8. The van der Waals surface area contributed by atoms with E-state index in [4.69, 9.17) is 23.2 Å². The molecule has 11 heteroatoms. The number of nitrogens with one attached hydrogen (secondary N) is 2. The Kier molecular flexibility index (Phi) is 5.21. The second kappa shape index (κ2) is 7.40. The normalized spacial score (nSPS) is 10.6. The predicted molar refractivity (Wildman–Crippen MR) is 103 cm³/mol. The van der Waals surface area contributed by atoms with Crippen LogP contribution in [0.15, 0.2) is 24.5 Å². The maximum Gasteiger partial charge on any atom is 0.353 e. The minimum Gasteiger partial charge on any atom is -0.333 e. The van der Waals surface area contributed by atoms with Crippen LogP contribution in [0.25, 0.3) is 0 Å². The highest BCUT2D eigenvalue weighted by Crippen LogP contribution is 2.36. The minimum absolute atomic E-state index is 0.0123. The third-order valence-corrected chi connectivity index (χ3v) is 4.99. The van der Waals surface area contributed by atoms with Crippen LogP contribution in [0.1, 0.15) is 10.6 Å². The van der Waals surface area contributed by atoms with Crippen LogP contribution < -0.4 is 10.6 Å². The number of rotatable bonds is 5. The third kappa shape index (κ3) is 3.85. The lowest BCUT2D eigenvalue weighted by Gasteiger charge is -2.10. The molecule has 0 aliphatic heterocycles. The van der Waals surface area contributed by atoms with Crippen molar-refractivity contribution < 1.29 is 4.92 Å². The van der Waals surface area contributed by atoms with Crippen molar-refractivity contribution in [2.75, 3.05) is 10.6 Å². The highest BCUT2D eigenvalue weighted by molar-refractivity contribution is 7.15. The molecule has 134 valence electrons. The van der Waals surface area contributed by atoms with Gasteiger partial charge in [-0.3, -0.25) is 10.1 Å². The molecule has 0 bridgehead atoms. The van der Waals surface area contributed by atoms with Gasteiger partial charge in [-0.25, -0.2) is 15.0 Å². The van der Waals surface area contributed by atoms with E-state index >= 15 is 0 Å². The summed E-state index contributed by atoms with van der Waals surface area (Å²) in [5.41, 5.74) is 0.917. The Labute approximate surface area is 162 Å². The molecule has 0 aliphatic carbocycles. The zero-order chi connectivity index (χ0) is 18.8. The highest BCUT2D eigenvalue weighted by atomic mass is 35.5. The number of nitrogens with zero attached hydrogens (tertiary/aromatic N) is 4.